The highest BCUT2D eigenvalue weighted by Gasteiger charge is 2.07. The Hall–Kier alpha value is -3.22. The summed E-state index contributed by atoms with van der Waals surface area (Å²) >= 11 is 0. The summed E-state index contributed by atoms with van der Waals surface area (Å²) in [6, 6.07) is 15.2. The molecule has 0 atom stereocenters. The second-order valence-electron chi connectivity index (χ2n) is 6.59. The topological polar surface area (TPSA) is 88.7 Å². The van der Waals surface area contributed by atoms with Crippen LogP contribution in [0.5, 0.6) is 11.5 Å². The van der Waals surface area contributed by atoms with E-state index in [0.717, 1.165) is 16.9 Å². The zero-order chi connectivity index (χ0) is 21.6. The first-order chi connectivity index (χ1) is 14.6. The summed E-state index contributed by atoms with van der Waals surface area (Å²) < 4.78 is 11.2. The normalized spacial score (nSPS) is 10.2. The molecule has 0 fully saturated rings. The predicted octanol–water partition coefficient (Wildman–Crippen LogP) is 3.03. The second-order valence-corrected chi connectivity index (χ2v) is 6.59. The number of benzene rings is 2. The molecular weight excluding hydrogens is 382 g/mol. The molecule has 0 unspecified atom stereocenters. The molecular formula is C23H31N3O4. The lowest BCUT2D eigenvalue weighted by Gasteiger charge is -2.13. The van der Waals surface area contributed by atoms with Gasteiger partial charge >= 0.3 is 6.03 Å². The number of hydrogen-bond donors (Lipinski definition) is 3. The molecule has 7 heteroatoms. The molecule has 0 saturated heterocycles. The van der Waals surface area contributed by atoms with Crippen LogP contribution in [0.4, 0.5) is 4.79 Å². The number of rotatable bonds is 12. The molecule has 0 spiro atoms. The number of carbonyl (C=O) groups excluding carboxylic acids is 2. The molecule has 2 rings (SSSR count). The van der Waals surface area contributed by atoms with Crippen molar-refractivity contribution in [1.82, 2.24) is 16.0 Å². The van der Waals surface area contributed by atoms with Gasteiger partial charge in [0, 0.05) is 26.1 Å². The molecule has 30 heavy (non-hydrogen) atoms. The van der Waals surface area contributed by atoms with Gasteiger partial charge in [0.15, 0.2) is 11.5 Å². The zero-order valence-electron chi connectivity index (χ0n) is 17.7. The van der Waals surface area contributed by atoms with Crippen molar-refractivity contribution in [1.29, 1.82) is 0 Å². The lowest BCUT2D eigenvalue weighted by molar-refractivity contribution is -0.120. The van der Waals surface area contributed by atoms with Crippen molar-refractivity contribution in [3.63, 3.8) is 0 Å². The molecule has 0 aliphatic carbocycles. The number of amides is 3. The SMILES string of the molecule is CCOc1ccc(CCNC(=O)CCNC(=O)NCc2ccccc2)cc1OCC. The molecule has 0 bridgehead atoms. The van der Waals surface area contributed by atoms with Crippen LogP contribution in [0.2, 0.25) is 0 Å². The van der Waals surface area contributed by atoms with E-state index in [1.165, 1.54) is 0 Å². The van der Waals surface area contributed by atoms with Crippen molar-refractivity contribution in [2.45, 2.75) is 33.2 Å². The second kappa shape index (κ2) is 13.1. The predicted molar refractivity (Wildman–Crippen MR) is 117 cm³/mol. The third kappa shape index (κ3) is 8.43. The fourth-order valence-electron chi connectivity index (χ4n) is 2.82. The van der Waals surface area contributed by atoms with E-state index in [2.05, 4.69) is 16.0 Å². The van der Waals surface area contributed by atoms with Gasteiger partial charge < -0.3 is 25.4 Å². The first-order valence-corrected chi connectivity index (χ1v) is 10.3. The molecule has 0 aromatic heterocycles. The number of ether oxygens (including phenoxy) is 2. The number of urea groups is 1. The van der Waals surface area contributed by atoms with Gasteiger partial charge in [0.2, 0.25) is 5.91 Å². The van der Waals surface area contributed by atoms with Crippen LogP contribution in [0.1, 0.15) is 31.4 Å². The minimum absolute atomic E-state index is 0.102. The van der Waals surface area contributed by atoms with E-state index in [1.54, 1.807) is 0 Å². The fraction of sp³-hybridized carbons (Fsp3) is 0.391. The van der Waals surface area contributed by atoms with Gasteiger partial charge in [0.05, 0.1) is 13.2 Å². The maximum atomic E-state index is 12.0. The number of carbonyl (C=O) groups is 2. The molecule has 3 amide bonds. The maximum Gasteiger partial charge on any atom is 0.315 e. The van der Waals surface area contributed by atoms with E-state index in [-0.39, 0.29) is 24.9 Å². The van der Waals surface area contributed by atoms with Crippen molar-refractivity contribution >= 4 is 11.9 Å². The lowest BCUT2D eigenvalue weighted by Crippen LogP contribution is -2.37. The van der Waals surface area contributed by atoms with Crippen molar-refractivity contribution in [3.05, 3.63) is 59.7 Å². The van der Waals surface area contributed by atoms with Gasteiger partial charge in [-0.05, 0) is 43.5 Å². The monoisotopic (exact) mass is 413 g/mol. The first-order valence-electron chi connectivity index (χ1n) is 10.3. The van der Waals surface area contributed by atoms with Crippen LogP contribution in [-0.2, 0) is 17.8 Å². The molecule has 162 valence electrons. The Balaban J connectivity index is 1.63. The van der Waals surface area contributed by atoms with Gasteiger partial charge in [-0.15, -0.1) is 0 Å². The molecule has 7 nitrogen and oxygen atoms in total. The molecule has 0 radical (unpaired) electrons. The van der Waals surface area contributed by atoms with Gasteiger partial charge in [-0.3, -0.25) is 4.79 Å². The summed E-state index contributed by atoms with van der Waals surface area (Å²) in [6.45, 7) is 6.24. The fourth-order valence-corrected chi connectivity index (χ4v) is 2.82. The van der Waals surface area contributed by atoms with Gasteiger partial charge in [0.1, 0.15) is 0 Å². The van der Waals surface area contributed by atoms with Gasteiger partial charge in [-0.25, -0.2) is 4.79 Å². The summed E-state index contributed by atoms with van der Waals surface area (Å²) in [5, 5.41) is 8.32. The molecule has 0 aliphatic heterocycles. The Morgan fingerprint density at radius 2 is 1.53 bits per heavy atom. The quantitative estimate of drug-likeness (QED) is 0.499. The van der Waals surface area contributed by atoms with E-state index in [0.29, 0.717) is 38.5 Å². The molecule has 2 aromatic carbocycles. The largest absolute Gasteiger partial charge is 0.490 e. The lowest BCUT2D eigenvalue weighted by atomic mass is 10.1. The van der Waals surface area contributed by atoms with Gasteiger partial charge in [-0.1, -0.05) is 36.4 Å². The highest BCUT2D eigenvalue weighted by atomic mass is 16.5. The molecule has 0 aliphatic rings. The Labute approximate surface area is 178 Å². The third-order valence-electron chi connectivity index (χ3n) is 4.28. The minimum atomic E-state index is -0.288. The van der Waals surface area contributed by atoms with Crippen LogP contribution in [0, 0.1) is 0 Å². The molecule has 3 N–H and O–H groups in total. The summed E-state index contributed by atoms with van der Waals surface area (Å²) in [7, 11) is 0. The summed E-state index contributed by atoms with van der Waals surface area (Å²) in [4.78, 5) is 23.8. The smallest absolute Gasteiger partial charge is 0.315 e. The third-order valence-corrected chi connectivity index (χ3v) is 4.28. The minimum Gasteiger partial charge on any atom is -0.490 e. The van der Waals surface area contributed by atoms with Crippen LogP contribution < -0.4 is 25.4 Å². The Morgan fingerprint density at radius 3 is 2.27 bits per heavy atom. The van der Waals surface area contributed by atoms with Gasteiger partial charge in [-0.2, -0.15) is 0 Å². The zero-order valence-corrected chi connectivity index (χ0v) is 17.7. The van der Waals surface area contributed by atoms with Gasteiger partial charge in [0.25, 0.3) is 0 Å². The van der Waals surface area contributed by atoms with E-state index in [1.807, 2.05) is 62.4 Å². The van der Waals surface area contributed by atoms with Crippen molar-refractivity contribution in [2.75, 3.05) is 26.3 Å². The summed E-state index contributed by atoms with van der Waals surface area (Å²) in [6.07, 6.45) is 0.912. The Morgan fingerprint density at radius 1 is 0.800 bits per heavy atom. The number of nitrogens with one attached hydrogen (secondary N) is 3. The highest BCUT2D eigenvalue weighted by molar-refractivity contribution is 5.78. The first kappa shape index (κ1) is 23.1. The van der Waals surface area contributed by atoms with Crippen LogP contribution in [0.25, 0.3) is 0 Å². The van der Waals surface area contributed by atoms with Crippen molar-refractivity contribution in [2.24, 2.45) is 0 Å². The maximum absolute atomic E-state index is 12.0. The molecule has 2 aromatic rings. The average Bonchev–Trinajstić information content (AvgIpc) is 2.75. The molecule has 0 heterocycles. The van der Waals surface area contributed by atoms with Crippen molar-refractivity contribution in [3.8, 4) is 11.5 Å². The number of hydrogen-bond acceptors (Lipinski definition) is 4. The van der Waals surface area contributed by atoms with E-state index in [9.17, 15) is 9.59 Å². The Kier molecular flexibility index (Phi) is 10.1. The highest BCUT2D eigenvalue weighted by Crippen LogP contribution is 2.28. The van der Waals surface area contributed by atoms with Crippen LogP contribution in [0.3, 0.4) is 0 Å². The average molecular weight is 414 g/mol. The standard InChI is InChI=1S/C23H31N3O4/c1-3-29-20-11-10-18(16-21(20)30-4-2)12-14-24-22(27)13-15-25-23(28)26-17-19-8-6-5-7-9-19/h5-11,16H,3-4,12-15,17H2,1-2H3,(H,24,27)(H2,25,26,28). The van der Waals surface area contributed by atoms with Crippen molar-refractivity contribution < 1.29 is 19.1 Å². The Bertz CT molecular complexity index is 796. The summed E-state index contributed by atoms with van der Waals surface area (Å²) in [5.41, 5.74) is 2.08. The van der Waals surface area contributed by atoms with E-state index in [4.69, 9.17) is 9.47 Å². The summed E-state index contributed by atoms with van der Waals surface area (Å²) in [5.74, 6) is 1.34. The van der Waals surface area contributed by atoms with Crippen LogP contribution in [-0.4, -0.2) is 38.2 Å². The van der Waals surface area contributed by atoms with E-state index >= 15 is 0 Å². The van der Waals surface area contributed by atoms with Crippen LogP contribution >= 0.6 is 0 Å². The molecule has 0 saturated carbocycles. The van der Waals surface area contributed by atoms with Crippen LogP contribution in [0.15, 0.2) is 48.5 Å². The van der Waals surface area contributed by atoms with E-state index < -0.39 is 0 Å².